The molecule has 0 aliphatic heterocycles. The Bertz CT molecular complexity index is 1120. The molecule has 1 heterocycles. The van der Waals surface area contributed by atoms with Crippen molar-refractivity contribution in [1.29, 1.82) is 0 Å². The molecule has 6 nitrogen and oxygen atoms in total. The van der Waals surface area contributed by atoms with E-state index in [4.69, 9.17) is 15.9 Å². The molecule has 3 aromatic rings. The van der Waals surface area contributed by atoms with E-state index < -0.39 is 11.7 Å². The first kappa shape index (κ1) is 20.9. The van der Waals surface area contributed by atoms with Crippen molar-refractivity contribution in [1.82, 2.24) is 15.1 Å². The molecule has 1 amide bonds. The fraction of sp³-hybridized carbons (Fsp3) is 0.217. The minimum atomic E-state index is -0.525. The Hall–Kier alpha value is -3.79. The van der Waals surface area contributed by atoms with Crippen LogP contribution in [0.1, 0.15) is 27.3 Å². The van der Waals surface area contributed by atoms with E-state index in [9.17, 15) is 9.18 Å². The summed E-state index contributed by atoms with van der Waals surface area (Å²) in [6.45, 7) is 4.02. The van der Waals surface area contributed by atoms with Crippen LogP contribution in [0.2, 0.25) is 0 Å². The van der Waals surface area contributed by atoms with Gasteiger partial charge in [0.2, 0.25) is 0 Å². The molecule has 0 bridgehead atoms. The molecule has 3 rings (SSSR count). The number of aryl methyl sites for hydroxylation is 2. The van der Waals surface area contributed by atoms with Crippen molar-refractivity contribution in [3.63, 3.8) is 0 Å². The minimum absolute atomic E-state index is 0.104. The number of carbonyl (C=O) groups excluding carboxylic acids is 1. The van der Waals surface area contributed by atoms with Crippen LogP contribution in [0, 0.1) is 32.0 Å². The number of aromatic nitrogens is 2. The van der Waals surface area contributed by atoms with Crippen LogP contribution in [0.3, 0.4) is 0 Å². The zero-order valence-corrected chi connectivity index (χ0v) is 17.0. The maximum atomic E-state index is 14.6. The summed E-state index contributed by atoms with van der Waals surface area (Å²) in [6, 6.07) is 11.4. The number of hydrogen-bond acceptors (Lipinski definition) is 4. The summed E-state index contributed by atoms with van der Waals surface area (Å²) in [6.07, 6.45) is 5.23. The number of benzene rings is 2. The summed E-state index contributed by atoms with van der Waals surface area (Å²) in [5.41, 5.74) is 2.90. The molecular formula is C23H22FN3O3. The Balaban J connectivity index is 1.72. The van der Waals surface area contributed by atoms with Crippen molar-refractivity contribution < 1.29 is 18.7 Å². The van der Waals surface area contributed by atoms with Gasteiger partial charge in [-0.1, -0.05) is 12.0 Å². The van der Waals surface area contributed by atoms with Crippen molar-refractivity contribution in [3.05, 3.63) is 70.8 Å². The third-order valence-electron chi connectivity index (χ3n) is 4.44. The van der Waals surface area contributed by atoms with Gasteiger partial charge < -0.3 is 14.8 Å². The lowest BCUT2D eigenvalue weighted by atomic mass is 10.1. The highest BCUT2D eigenvalue weighted by molar-refractivity contribution is 5.94. The van der Waals surface area contributed by atoms with Crippen LogP contribution in [0.4, 0.5) is 4.39 Å². The van der Waals surface area contributed by atoms with Crippen molar-refractivity contribution in [3.8, 4) is 29.5 Å². The second-order valence-corrected chi connectivity index (χ2v) is 6.67. The van der Waals surface area contributed by atoms with Gasteiger partial charge in [-0.2, -0.15) is 5.10 Å². The van der Waals surface area contributed by atoms with Crippen molar-refractivity contribution in [2.24, 2.45) is 0 Å². The summed E-state index contributed by atoms with van der Waals surface area (Å²) in [4.78, 5) is 12.5. The molecule has 0 unspecified atom stereocenters. The maximum absolute atomic E-state index is 14.6. The summed E-state index contributed by atoms with van der Waals surface area (Å²) >= 11 is 0. The standard InChI is InChI=1S/C23H22FN3O3/c1-5-10-30-22-12-17(6-9-21(22)29-4)14-25-23(28)18-7-8-20(19(24)13-18)27-16(3)11-15(2)26-27/h1,6-9,11-13H,10,14H2,2-4H3,(H,25,28). The van der Waals surface area contributed by atoms with Crippen LogP contribution < -0.4 is 14.8 Å². The molecule has 30 heavy (non-hydrogen) atoms. The van der Waals surface area contributed by atoms with Gasteiger partial charge in [0.1, 0.15) is 18.1 Å². The van der Waals surface area contributed by atoms with Gasteiger partial charge in [-0.3, -0.25) is 4.79 Å². The van der Waals surface area contributed by atoms with Gasteiger partial charge in [0.05, 0.1) is 12.8 Å². The van der Waals surface area contributed by atoms with Gasteiger partial charge in [0, 0.05) is 17.8 Å². The zero-order valence-electron chi connectivity index (χ0n) is 17.0. The number of amides is 1. The van der Waals surface area contributed by atoms with Crippen LogP contribution >= 0.6 is 0 Å². The predicted octanol–water partition coefficient (Wildman–Crippen LogP) is 3.58. The Morgan fingerprint density at radius 1 is 1.20 bits per heavy atom. The van der Waals surface area contributed by atoms with E-state index >= 15 is 0 Å². The van der Waals surface area contributed by atoms with E-state index in [0.717, 1.165) is 17.0 Å². The average Bonchev–Trinajstić information content (AvgIpc) is 3.07. The van der Waals surface area contributed by atoms with E-state index in [1.165, 1.54) is 17.9 Å². The third-order valence-corrected chi connectivity index (χ3v) is 4.44. The molecule has 1 aromatic heterocycles. The second kappa shape index (κ2) is 9.14. The molecule has 0 atom stereocenters. The number of nitrogens with one attached hydrogen (secondary N) is 1. The highest BCUT2D eigenvalue weighted by Crippen LogP contribution is 2.28. The number of methoxy groups -OCH3 is 1. The molecule has 1 N–H and O–H groups in total. The number of ether oxygens (including phenoxy) is 2. The molecule has 154 valence electrons. The predicted molar refractivity (Wildman–Crippen MR) is 111 cm³/mol. The molecule has 0 spiro atoms. The number of carbonyl (C=O) groups is 1. The number of nitrogens with zero attached hydrogens (tertiary/aromatic N) is 2. The minimum Gasteiger partial charge on any atom is -0.493 e. The SMILES string of the molecule is C#CCOc1cc(CNC(=O)c2ccc(-n3nc(C)cc3C)c(F)c2)ccc1OC. The second-order valence-electron chi connectivity index (χ2n) is 6.67. The molecule has 2 aromatic carbocycles. The number of rotatable bonds is 7. The molecule has 0 aliphatic rings. The first-order valence-electron chi connectivity index (χ1n) is 9.27. The lowest BCUT2D eigenvalue weighted by molar-refractivity contribution is 0.0950. The van der Waals surface area contributed by atoms with E-state index in [1.54, 1.807) is 30.3 Å². The molecule has 0 fully saturated rings. The monoisotopic (exact) mass is 407 g/mol. The summed E-state index contributed by atoms with van der Waals surface area (Å²) in [5, 5.41) is 7.05. The Labute approximate surface area is 174 Å². The van der Waals surface area contributed by atoms with Crippen LogP contribution in [0.25, 0.3) is 5.69 Å². The van der Waals surface area contributed by atoms with Crippen LogP contribution in [-0.4, -0.2) is 29.4 Å². The number of terminal acetylenes is 1. The maximum Gasteiger partial charge on any atom is 0.251 e. The first-order valence-corrected chi connectivity index (χ1v) is 9.27. The van der Waals surface area contributed by atoms with Gasteiger partial charge in [-0.05, 0) is 55.8 Å². The topological polar surface area (TPSA) is 65.4 Å². The van der Waals surface area contributed by atoms with Crippen molar-refractivity contribution in [2.45, 2.75) is 20.4 Å². The van der Waals surface area contributed by atoms with Crippen molar-refractivity contribution in [2.75, 3.05) is 13.7 Å². The van der Waals surface area contributed by atoms with Crippen LogP contribution in [-0.2, 0) is 6.54 Å². The van der Waals surface area contributed by atoms with Crippen LogP contribution in [0.5, 0.6) is 11.5 Å². The summed E-state index contributed by atoms with van der Waals surface area (Å²) < 4.78 is 26.8. The zero-order chi connectivity index (χ0) is 21.7. The lowest BCUT2D eigenvalue weighted by Crippen LogP contribution is -2.23. The molecule has 0 saturated heterocycles. The molecular weight excluding hydrogens is 385 g/mol. The third kappa shape index (κ3) is 4.61. The Morgan fingerprint density at radius 3 is 2.63 bits per heavy atom. The Morgan fingerprint density at radius 2 is 2.00 bits per heavy atom. The highest BCUT2D eigenvalue weighted by atomic mass is 19.1. The quantitative estimate of drug-likeness (QED) is 0.608. The fourth-order valence-electron chi connectivity index (χ4n) is 3.04. The van der Waals surface area contributed by atoms with E-state index in [2.05, 4.69) is 16.3 Å². The van der Waals surface area contributed by atoms with Gasteiger partial charge in [-0.15, -0.1) is 6.42 Å². The lowest BCUT2D eigenvalue weighted by Gasteiger charge is -2.12. The number of halogens is 1. The van der Waals surface area contributed by atoms with E-state index in [1.807, 2.05) is 19.9 Å². The van der Waals surface area contributed by atoms with E-state index in [0.29, 0.717) is 17.2 Å². The van der Waals surface area contributed by atoms with E-state index in [-0.39, 0.29) is 18.7 Å². The molecule has 0 radical (unpaired) electrons. The molecule has 0 aliphatic carbocycles. The largest absolute Gasteiger partial charge is 0.493 e. The van der Waals surface area contributed by atoms with Crippen LogP contribution in [0.15, 0.2) is 42.5 Å². The smallest absolute Gasteiger partial charge is 0.251 e. The van der Waals surface area contributed by atoms with Gasteiger partial charge >= 0.3 is 0 Å². The average molecular weight is 407 g/mol. The Kier molecular flexibility index (Phi) is 6.38. The summed E-state index contributed by atoms with van der Waals surface area (Å²) in [7, 11) is 1.53. The van der Waals surface area contributed by atoms with Gasteiger partial charge in [-0.25, -0.2) is 9.07 Å². The first-order chi connectivity index (χ1) is 14.4. The summed E-state index contributed by atoms with van der Waals surface area (Å²) in [5.74, 6) is 2.51. The normalized spacial score (nSPS) is 10.4. The number of hydrogen-bond donors (Lipinski definition) is 1. The molecule has 7 heteroatoms. The fourth-order valence-corrected chi connectivity index (χ4v) is 3.04. The molecule has 0 saturated carbocycles. The van der Waals surface area contributed by atoms with Gasteiger partial charge in [0.25, 0.3) is 5.91 Å². The van der Waals surface area contributed by atoms with Crippen molar-refractivity contribution >= 4 is 5.91 Å². The van der Waals surface area contributed by atoms with Gasteiger partial charge in [0.15, 0.2) is 11.5 Å². The highest BCUT2D eigenvalue weighted by Gasteiger charge is 2.14.